The first-order chi connectivity index (χ1) is 8.31. The Morgan fingerprint density at radius 3 is 2.82 bits per heavy atom. The van der Waals surface area contributed by atoms with Crippen LogP contribution >= 0.6 is 0 Å². The standard InChI is InChI=1S/C16H23N/c1-3-12-17-13(2)8-9-14-6-4-5-7-16(14)15-10-11-15/h4-9,13,15,17H,3,10-12H2,1-2H3/b9-8+. The van der Waals surface area contributed by atoms with Crippen molar-refractivity contribution in [2.24, 2.45) is 0 Å². The van der Waals surface area contributed by atoms with Gasteiger partial charge in [-0.15, -0.1) is 0 Å². The molecule has 17 heavy (non-hydrogen) atoms. The summed E-state index contributed by atoms with van der Waals surface area (Å²) in [6.07, 6.45) is 8.48. The summed E-state index contributed by atoms with van der Waals surface area (Å²) in [5, 5.41) is 3.48. The minimum absolute atomic E-state index is 0.460. The quantitative estimate of drug-likeness (QED) is 0.778. The van der Waals surface area contributed by atoms with Crippen molar-refractivity contribution in [2.75, 3.05) is 6.54 Å². The highest BCUT2D eigenvalue weighted by Gasteiger charge is 2.24. The van der Waals surface area contributed by atoms with Gasteiger partial charge in [0.05, 0.1) is 0 Å². The zero-order valence-corrected chi connectivity index (χ0v) is 10.9. The molecule has 0 aliphatic heterocycles. The van der Waals surface area contributed by atoms with Crippen LogP contribution < -0.4 is 5.32 Å². The van der Waals surface area contributed by atoms with Crippen LogP contribution in [0.5, 0.6) is 0 Å². The minimum Gasteiger partial charge on any atom is -0.311 e. The minimum atomic E-state index is 0.460. The Morgan fingerprint density at radius 1 is 1.35 bits per heavy atom. The molecule has 1 aliphatic carbocycles. The molecule has 1 heteroatoms. The Kier molecular flexibility index (Phi) is 4.38. The van der Waals surface area contributed by atoms with E-state index < -0.39 is 0 Å². The number of benzene rings is 1. The van der Waals surface area contributed by atoms with Crippen molar-refractivity contribution in [2.45, 2.75) is 45.1 Å². The van der Waals surface area contributed by atoms with E-state index in [1.54, 1.807) is 0 Å². The topological polar surface area (TPSA) is 12.0 Å². The van der Waals surface area contributed by atoms with Crippen LogP contribution in [0.3, 0.4) is 0 Å². The fourth-order valence-corrected chi connectivity index (χ4v) is 2.12. The Hall–Kier alpha value is -1.08. The normalized spacial score (nSPS) is 17.5. The highest BCUT2D eigenvalue weighted by Crippen LogP contribution is 2.41. The summed E-state index contributed by atoms with van der Waals surface area (Å²) in [7, 11) is 0. The summed E-state index contributed by atoms with van der Waals surface area (Å²) in [6, 6.07) is 9.26. The zero-order valence-electron chi connectivity index (χ0n) is 10.9. The molecule has 0 saturated heterocycles. The second-order valence-corrected chi connectivity index (χ2v) is 5.01. The zero-order chi connectivity index (χ0) is 12.1. The van der Waals surface area contributed by atoms with E-state index in [9.17, 15) is 0 Å². The first kappa shape index (κ1) is 12.4. The first-order valence-corrected chi connectivity index (χ1v) is 6.81. The van der Waals surface area contributed by atoms with Crippen molar-refractivity contribution in [1.29, 1.82) is 0 Å². The molecule has 1 aliphatic rings. The maximum atomic E-state index is 3.48. The Morgan fingerprint density at radius 2 is 2.12 bits per heavy atom. The van der Waals surface area contributed by atoms with Gasteiger partial charge in [0.1, 0.15) is 0 Å². The van der Waals surface area contributed by atoms with Gasteiger partial charge in [0.2, 0.25) is 0 Å². The van der Waals surface area contributed by atoms with Crippen LogP contribution in [-0.4, -0.2) is 12.6 Å². The van der Waals surface area contributed by atoms with Crippen LogP contribution in [0.4, 0.5) is 0 Å². The molecule has 0 amide bonds. The van der Waals surface area contributed by atoms with Crippen molar-refractivity contribution >= 4 is 6.08 Å². The van der Waals surface area contributed by atoms with Crippen LogP contribution in [0.25, 0.3) is 6.08 Å². The predicted molar refractivity (Wildman–Crippen MR) is 75.2 cm³/mol. The van der Waals surface area contributed by atoms with Gasteiger partial charge >= 0.3 is 0 Å². The molecule has 92 valence electrons. The molecule has 0 spiro atoms. The van der Waals surface area contributed by atoms with Gasteiger partial charge in [-0.3, -0.25) is 0 Å². The molecule has 0 aromatic heterocycles. The molecule has 2 rings (SSSR count). The average Bonchev–Trinajstić information content (AvgIpc) is 3.18. The molecule has 1 atom stereocenters. The van der Waals surface area contributed by atoms with E-state index in [-0.39, 0.29) is 0 Å². The van der Waals surface area contributed by atoms with E-state index in [1.165, 1.54) is 30.4 Å². The number of nitrogens with one attached hydrogen (secondary N) is 1. The number of hydrogen-bond acceptors (Lipinski definition) is 1. The molecule has 1 fully saturated rings. The maximum absolute atomic E-state index is 3.48. The van der Waals surface area contributed by atoms with Crippen molar-refractivity contribution in [1.82, 2.24) is 5.32 Å². The molecule has 1 aromatic rings. The van der Waals surface area contributed by atoms with Gasteiger partial charge in [-0.25, -0.2) is 0 Å². The lowest BCUT2D eigenvalue weighted by molar-refractivity contribution is 0.625. The smallest absolute Gasteiger partial charge is 0.0224 e. The third-order valence-electron chi connectivity index (χ3n) is 3.29. The highest BCUT2D eigenvalue weighted by atomic mass is 14.9. The van der Waals surface area contributed by atoms with Crippen LogP contribution in [0.2, 0.25) is 0 Å². The molecule has 1 unspecified atom stereocenters. The van der Waals surface area contributed by atoms with E-state index in [0.29, 0.717) is 6.04 Å². The van der Waals surface area contributed by atoms with Gasteiger partial charge in [0, 0.05) is 6.04 Å². The number of hydrogen-bond donors (Lipinski definition) is 1. The largest absolute Gasteiger partial charge is 0.311 e. The third kappa shape index (κ3) is 3.71. The van der Waals surface area contributed by atoms with Crippen LogP contribution in [0, 0.1) is 0 Å². The summed E-state index contributed by atoms with van der Waals surface area (Å²) < 4.78 is 0. The summed E-state index contributed by atoms with van der Waals surface area (Å²) in [5.41, 5.74) is 2.94. The summed E-state index contributed by atoms with van der Waals surface area (Å²) in [4.78, 5) is 0. The fraction of sp³-hybridized carbons (Fsp3) is 0.500. The molecule has 1 aromatic carbocycles. The molecule has 1 saturated carbocycles. The monoisotopic (exact) mass is 229 g/mol. The van der Waals surface area contributed by atoms with E-state index >= 15 is 0 Å². The van der Waals surface area contributed by atoms with Crippen molar-refractivity contribution in [3.8, 4) is 0 Å². The molecule has 0 heterocycles. The molecule has 1 nitrogen and oxygen atoms in total. The molecule has 0 bridgehead atoms. The molecule has 0 radical (unpaired) electrons. The van der Waals surface area contributed by atoms with Gasteiger partial charge in [-0.1, -0.05) is 43.3 Å². The summed E-state index contributed by atoms with van der Waals surface area (Å²) in [6.45, 7) is 5.51. The van der Waals surface area contributed by atoms with Gasteiger partial charge in [0.25, 0.3) is 0 Å². The summed E-state index contributed by atoms with van der Waals surface area (Å²) in [5.74, 6) is 0.828. The van der Waals surface area contributed by atoms with Crippen molar-refractivity contribution in [3.05, 3.63) is 41.5 Å². The summed E-state index contributed by atoms with van der Waals surface area (Å²) >= 11 is 0. The number of rotatable bonds is 6. The third-order valence-corrected chi connectivity index (χ3v) is 3.29. The average molecular weight is 229 g/mol. The Balaban J connectivity index is 1.99. The molecular weight excluding hydrogens is 206 g/mol. The maximum Gasteiger partial charge on any atom is 0.0224 e. The second-order valence-electron chi connectivity index (χ2n) is 5.01. The SMILES string of the molecule is CCCNC(C)/C=C/c1ccccc1C1CC1. The van der Waals surface area contributed by atoms with Gasteiger partial charge < -0.3 is 5.32 Å². The molecule has 1 N–H and O–H groups in total. The van der Waals surface area contributed by atoms with E-state index in [0.717, 1.165) is 12.5 Å². The Bertz CT molecular complexity index is 377. The fourth-order valence-electron chi connectivity index (χ4n) is 2.12. The van der Waals surface area contributed by atoms with Crippen LogP contribution in [0.1, 0.15) is 50.2 Å². The van der Waals surface area contributed by atoms with Crippen molar-refractivity contribution < 1.29 is 0 Å². The second kappa shape index (κ2) is 6.02. The first-order valence-electron chi connectivity index (χ1n) is 6.81. The lowest BCUT2D eigenvalue weighted by atomic mass is 10.0. The van der Waals surface area contributed by atoms with Gasteiger partial charge in [-0.2, -0.15) is 0 Å². The van der Waals surface area contributed by atoms with E-state index in [4.69, 9.17) is 0 Å². The predicted octanol–water partition coefficient (Wildman–Crippen LogP) is 3.97. The molecular formula is C16H23N. The highest BCUT2D eigenvalue weighted by molar-refractivity contribution is 5.56. The van der Waals surface area contributed by atoms with Crippen LogP contribution in [-0.2, 0) is 0 Å². The van der Waals surface area contributed by atoms with E-state index in [2.05, 4.69) is 55.6 Å². The Labute approximate surface area is 105 Å². The van der Waals surface area contributed by atoms with Gasteiger partial charge in [0.15, 0.2) is 0 Å². The lowest BCUT2D eigenvalue weighted by Gasteiger charge is -2.09. The van der Waals surface area contributed by atoms with Gasteiger partial charge in [-0.05, 0) is 49.8 Å². The lowest BCUT2D eigenvalue weighted by Crippen LogP contribution is -2.24. The van der Waals surface area contributed by atoms with E-state index in [1.807, 2.05) is 0 Å². The van der Waals surface area contributed by atoms with Crippen molar-refractivity contribution in [3.63, 3.8) is 0 Å². The van der Waals surface area contributed by atoms with Crippen LogP contribution in [0.15, 0.2) is 30.3 Å².